The second-order valence-corrected chi connectivity index (χ2v) is 5.68. The van der Waals surface area contributed by atoms with E-state index >= 15 is 0 Å². The van der Waals surface area contributed by atoms with Crippen LogP contribution in [0.5, 0.6) is 0 Å². The summed E-state index contributed by atoms with van der Waals surface area (Å²) >= 11 is 0. The van der Waals surface area contributed by atoms with Gasteiger partial charge in [0.1, 0.15) is 0 Å². The fraction of sp³-hybridized carbons (Fsp3) is 0.833. The van der Waals surface area contributed by atoms with Crippen molar-refractivity contribution in [2.24, 2.45) is 0 Å². The minimum Gasteiger partial charge on any atom is -0.350 e. The molecule has 1 heterocycles. The topological polar surface area (TPSA) is 61.4 Å². The van der Waals surface area contributed by atoms with Crippen LogP contribution in [0.4, 0.5) is 0 Å². The molecule has 0 saturated carbocycles. The van der Waals surface area contributed by atoms with Gasteiger partial charge in [-0.15, -0.1) is 0 Å². The molecule has 0 aromatic rings. The molecule has 1 atom stereocenters. The van der Waals surface area contributed by atoms with Gasteiger partial charge < -0.3 is 15.5 Å². The van der Waals surface area contributed by atoms with Crippen LogP contribution in [0.1, 0.15) is 33.6 Å². The van der Waals surface area contributed by atoms with Crippen molar-refractivity contribution < 1.29 is 9.59 Å². The van der Waals surface area contributed by atoms with Gasteiger partial charge in [0, 0.05) is 31.6 Å². The van der Waals surface area contributed by atoms with Gasteiger partial charge in [-0.05, 0) is 27.2 Å². The average Bonchev–Trinajstić information content (AvgIpc) is 2.20. The number of hydrogen-bond donors (Lipinski definition) is 2. The molecule has 0 aliphatic carbocycles. The third-order valence-electron chi connectivity index (χ3n) is 2.77. The van der Waals surface area contributed by atoms with Gasteiger partial charge in [0.05, 0.1) is 6.54 Å². The lowest BCUT2D eigenvalue weighted by Gasteiger charge is -2.30. The maximum Gasteiger partial charge on any atom is 0.234 e. The normalized spacial score (nSPS) is 21.5. The highest BCUT2D eigenvalue weighted by molar-refractivity contribution is 5.80. The Bertz CT molecular complexity index is 297. The molecular weight excluding hydrogens is 218 g/mol. The van der Waals surface area contributed by atoms with E-state index in [-0.39, 0.29) is 23.4 Å². The fourth-order valence-corrected chi connectivity index (χ4v) is 1.75. The Hall–Kier alpha value is -1.10. The highest BCUT2D eigenvalue weighted by atomic mass is 16.2. The Kier molecular flexibility index (Phi) is 4.51. The van der Waals surface area contributed by atoms with Crippen LogP contribution >= 0.6 is 0 Å². The summed E-state index contributed by atoms with van der Waals surface area (Å²) in [6.07, 6.45) is 1.26. The summed E-state index contributed by atoms with van der Waals surface area (Å²) < 4.78 is 0. The number of nitrogens with one attached hydrogen (secondary N) is 2. The third kappa shape index (κ3) is 5.17. The van der Waals surface area contributed by atoms with Crippen LogP contribution < -0.4 is 10.6 Å². The molecular formula is C12H23N3O2. The van der Waals surface area contributed by atoms with E-state index in [0.29, 0.717) is 19.5 Å². The molecule has 0 bridgehead atoms. The van der Waals surface area contributed by atoms with Gasteiger partial charge >= 0.3 is 0 Å². The average molecular weight is 241 g/mol. The van der Waals surface area contributed by atoms with E-state index in [1.54, 1.807) is 11.9 Å². The molecule has 0 spiro atoms. The molecule has 1 aliphatic heterocycles. The van der Waals surface area contributed by atoms with Crippen LogP contribution in [0, 0.1) is 0 Å². The van der Waals surface area contributed by atoms with Crippen molar-refractivity contribution in [1.29, 1.82) is 0 Å². The number of piperidine rings is 1. The summed E-state index contributed by atoms with van der Waals surface area (Å²) in [4.78, 5) is 24.6. The van der Waals surface area contributed by atoms with E-state index in [0.717, 1.165) is 6.42 Å². The van der Waals surface area contributed by atoms with Crippen molar-refractivity contribution in [3.8, 4) is 0 Å². The molecule has 0 aromatic heterocycles. The van der Waals surface area contributed by atoms with E-state index in [4.69, 9.17) is 0 Å². The summed E-state index contributed by atoms with van der Waals surface area (Å²) in [6, 6.07) is 0.0898. The van der Waals surface area contributed by atoms with Gasteiger partial charge in [-0.3, -0.25) is 9.59 Å². The van der Waals surface area contributed by atoms with Crippen molar-refractivity contribution in [3.63, 3.8) is 0 Å². The predicted octanol–water partition coefficient (Wildman–Crippen LogP) is 0.112. The lowest BCUT2D eigenvalue weighted by molar-refractivity contribution is -0.133. The summed E-state index contributed by atoms with van der Waals surface area (Å²) in [5.74, 6) is 0.149. The quantitative estimate of drug-likeness (QED) is 0.737. The van der Waals surface area contributed by atoms with Gasteiger partial charge in [-0.1, -0.05) is 0 Å². The van der Waals surface area contributed by atoms with Crippen molar-refractivity contribution in [1.82, 2.24) is 15.5 Å². The van der Waals surface area contributed by atoms with Crippen LogP contribution in [0.2, 0.25) is 0 Å². The van der Waals surface area contributed by atoms with Crippen molar-refractivity contribution in [3.05, 3.63) is 0 Å². The maximum absolute atomic E-state index is 11.7. The molecule has 1 aliphatic rings. The zero-order chi connectivity index (χ0) is 13.1. The predicted molar refractivity (Wildman–Crippen MR) is 66.6 cm³/mol. The number of carbonyl (C=O) groups excluding carboxylic acids is 2. The number of likely N-dealkylation sites (tertiary alicyclic amines) is 1. The van der Waals surface area contributed by atoms with Gasteiger partial charge in [-0.25, -0.2) is 0 Å². The number of carbonyl (C=O) groups is 2. The summed E-state index contributed by atoms with van der Waals surface area (Å²) in [7, 11) is 1.77. The summed E-state index contributed by atoms with van der Waals surface area (Å²) in [5, 5.41) is 6.09. The van der Waals surface area contributed by atoms with Gasteiger partial charge in [0.15, 0.2) is 0 Å². The zero-order valence-electron chi connectivity index (χ0n) is 11.2. The highest BCUT2D eigenvalue weighted by Gasteiger charge is 2.24. The van der Waals surface area contributed by atoms with Crippen molar-refractivity contribution >= 4 is 11.8 Å². The second-order valence-electron chi connectivity index (χ2n) is 5.68. The van der Waals surface area contributed by atoms with Crippen LogP contribution in [0.15, 0.2) is 0 Å². The van der Waals surface area contributed by atoms with Crippen molar-refractivity contribution in [2.75, 3.05) is 20.1 Å². The first kappa shape index (κ1) is 14.0. The zero-order valence-corrected chi connectivity index (χ0v) is 11.2. The molecule has 2 amide bonds. The van der Waals surface area contributed by atoms with E-state index in [1.807, 2.05) is 20.8 Å². The first-order valence-electron chi connectivity index (χ1n) is 6.06. The molecule has 1 unspecified atom stereocenters. The van der Waals surface area contributed by atoms with Crippen molar-refractivity contribution in [2.45, 2.75) is 45.2 Å². The number of rotatable bonds is 3. The molecule has 5 nitrogen and oxygen atoms in total. The van der Waals surface area contributed by atoms with Gasteiger partial charge in [-0.2, -0.15) is 0 Å². The SMILES string of the molecule is CN1CC(NC(=O)CNC(C)(C)C)CCC1=O. The largest absolute Gasteiger partial charge is 0.350 e. The number of amides is 2. The van der Waals surface area contributed by atoms with Crippen LogP contribution in [0.25, 0.3) is 0 Å². The molecule has 2 N–H and O–H groups in total. The smallest absolute Gasteiger partial charge is 0.234 e. The first-order valence-corrected chi connectivity index (χ1v) is 6.06. The lowest BCUT2D eigenvalue weighted by Crippen LogP contribution is -2.51. The van der Waals surface area contributed by atoms with Gasteiger partial charge in [0.25, 0.3) is 0 Å². The van der Waals surface area contributed by atoms with Gasteiger partial charge in [0.2, 0.25) is 11.8 Å². The Morgan fingerprint density at radius 3 is 2.65 bits per heavy atom. The molecule has 98 valence electrons. The van der Waals surface area contributed by atoms with E-state index in [1.165, 1.54) is 0 Å². The minimum atomic E-state index is -0.0589. The fourth-order valence-electron chi connectivity index (χ4n) is 1.75. The molecule has 1 saturated heterocycles. The molecule has 0 aromatic carbocycles. The summed E-state index contributed by atoms with van der Waals surface area (Å²) in [6.45, 7) is 6.99. The molecule has 5 heteroatoms. The van der Waals surface area contributed by atoms with Crippen LogP contribution in [-0.4, -0.2) is 48.4 Å². The van der Waals surface area contributed by atoms with E-state index in [9.17, 15) is 9.59 Å². The number of likely N-dealkylation sites (N-methyl/N-ethyl adjacent to an activating group) is 1. The number of hydrogen-bond acceptors (Lipinski definition) is 3. The maximum atomic E-state index is 11.7. The second kappa shape index (κ2) is 5.49. The minimum absolute atomic E-state index is 0.00678. The Labute approximate surface area is 103 Å². The molecule has 1 rings (SSSR count). The molecule has 17 heavy (non-hydrogen) atoms. The lowest BCUT2D eigenvalue weighted by atomic mass is 10.1. The highest BCUT2D eigenvalue weighted by Crippen LogP contribution is 2.09. The van der Waals surface area contributed by atoms with Crippen LogP contribution in [-0.2, 0) is 9.59 Å². The Morgan fingerprint density at radius 1 is 1.47 bits per heavy atom. The Morgan fingerprint density at radius 2 is 2.12 bits per heavy atom. The Balaban J connectivity index is 2.30. The van der Waals surface area contributed by atoms with E-state index in [2.05, 4.69) is 10.6 Å². The van der Waals surface area contributed by atoms with Crippen LogP contribution in [0.3, 0.4) is 0 Å². The van der Waals surface area contributed by atoms with E-state index < -0.39 is 0 Å². The molecule has 1 fully saturated rings. The third-order valence-corrected chi connectivity index (χ3v) is 2.77. The number of nitrogens with zero attached hydrogens (tertiary/aromatic N) is 1. The monoisotopic (exact) mass is 241 g/mol. The summed E-state index contributed by atoms with van der Waals surface area (Å²) in [5.41, 5.74) is -0.0589. The standard InChI is InChI=1S/C12H23N3O2/c1-12(2,3)13-7-10(16)14-9-5-6-11(17)15(4)8-9/h9,13H,5-8H2,1-4H3,(H,14,16). The molecule has 0 radical (unpaired) electrons. The first-order chi connectivity index (χ1) is 7.78.